The summed E-state index contributed by atoms with van der Waals surface area (Å²) in [5.41, 5.74) is 0. The average Bonchev–Trinajstić information content (AvgIpc) is 1.86. The van der Waals surface area contributed by atoms with Crippen molar-refractivity contribution in [2.45, 2.75) is 0 Å². The molecule has 0 saturated carbocycles. The number of aliphatic imine (C=N–C) groups is 1. The summed E-state index contributed by atoms with van der Waals surface area (Å²) in [6, 6.07) is 0. The number of nitrogens with zero attached hydrogens (tertiary/aromatic N) is 3. The Morgan fingerprint density at radius 2 is 2.67 bits per heavy atom. The van der Waals surface area contributed by atoms with E-state index >= 15 is 0 Å². The maximum Gasteiger partial charge on any atom is 0.274 e. The van der Waals surface area contributed by atoms with E-state index in [9.17, 15) is 5.21 Å². The van der Waals surface area contributed by atoms with E-state index < -0.39 is 0 Å². The zero-order chi connectivity index (χ0) is 4.41. The van der Waals surface area contributed by atoms with Crippen LogP contribution in [-0.4, -0.2) is 17.9 Å². The van der Waals surface area contributed by atoms with Crippen LogP contribution in [0.4, 0.5) is 0 Å². The number of hydrogen-bond donors (Lipinski definition) is 0. The van der Waals surface area contributed by atoms with Crippen molar-refractivity contribution in [1.82, 2.24) is 0 Å². The first-order chi connectivity index (χ1) is 2.89. The topological polar surface area (TPSA) is 50.8 Å². The van der Waals surface area contributed by atoms with Crippen LogP contribution in [0.5, 0.6) is 0 Å². The zero-order valence-corrected chi connectivity index (χ0v) is 3.03. The Bertz CT molecular complexity index is 105. The highest BCUT2D eigenvalue weighted by Crippen LogP contribution is 1.81. The molecule has 0 saturated heterocycles. The molecule has 0 aromatic carbocycles. The fourth-order valence-corrected chi connectivity index (χ4v) is 0.237. The highest BCUT2D eigenvalue weighted by Gasteiger charge is 1.93. The number of azo groups is 1. The van der Waals surface area contributed by atoms with Crippen LogP contribution in [0.25, 0.3) is 0 Å². The summed E-state index contributed by atoms with van der Waals surface area (Å²) in [5.74, 6) is 0. The third-order valence-corrected chi connectivity index (χ3v) is 0.465. The Morgan fingerprint density at radius 1 is 1.83 bits per heavy atom. The molecule has 0 fully saturated rings. The molecule has 0 unspecified atom stereocenters. The van der Waals surface area contributed by atoms with Crippen molar-refractivity contribution in [1.29, 1.82) is 0 Å². The SMILES string of the molecule is [O-][N+]1=NC=NC1. The lowest BCUT2D eigenvalue weighted by Gasteiger charge is -1.83. The van der Waals surface area contributed by atoms with Crippen LogP contribution in [0.3, 0.4) is 0 Å². The maximum atomic E-state index is 9.87. The summed E-state index contributed by atoms with van der Waals surface area (Å²) in [6.07, 6.45) is 1.24. The minimum absolute atomic E-state index is 0.167. The monoisotopic (exact) mass is 85.0 g/mol. The van der Waals surface area contributed by atoms with E-state index in [4.69, 9.17) is 0 Å². The van der Waals surface area contributed by atoms with Gasteiger partial charge in [0.15, 0.2) is 6.34 Å². The summed E-state index contributed by atoms with van der Waals surface area (Å²) in [7, 11) is 0. The van der Waals surface area contributed by atoms with Crippen molar-refractivity contribution in [3.8, 4) is 0 Å². The van der Waals surface area contributed by atoms with Gasteiger partial charge in [-0.2, -0.15) is 4.99 Å². The first kappa shape index (κ1) is 3.27. The lowest BCUT2D eigenvalue weighted by molar-refractivity contribution is -0.513. The number of hydroxylamine groups is 1. The third-order valence-electron chi connectivity index (χ3n) is 0.465. The van der Waals surface area contributed by atoms with Gasteiger partial charge >= 0.3 is 0 Å². The molecule has 0 atom stereocenters. The Balaban J connectivity index is 2.61. The van der Waals surface area contributed by atoms with Crippen LogP contribution in [-0.2, 0) is 0 Å². The van der Waals surface area contributed by atoms with Crippen LogP contribution in [0.15, 0.2) is 10.1 Å². The zero-order valence-electron chi connectivity index (χ0n) is 3.03. The predicted octanol–water partition coefficient (Wildman–Crippen LogP) is -0.0517. The van der Waals surface area contributed by atoms with Gasteiger partial charge in [-0.15, -0.1) is 0 Å². The Morgan fingerprint density at radius 3 is 2.83 bits per heavy atom. The average molecular weight is 85.1 g/mol. The molecule has 0 aliphatic carbocycles. The van der Waals surface area contributed by atoms with Gasteiger partial charge in [0.05, 0.1) is 0 Å². The van der Waals surface area contributed by atoms with E-state index in [0.29, 0.717) is 4.86 Å². The molecule has 1 aliphatic rings. The molecule has 0 amide bonds. The molecule has 1 aliphatic heterocycles. The molecule has 0 spiro atoms. The Kier molecular flexibility index (Phi) is 0.567. The van der Waals surface area contributed by atoms with Crippen LogP contribution >= 0.6 is 0 Å². The molecule has 0 aromatic rings. The van der Waals surface area contributed by atoms with Gasteiger partial charge in [0.2, 0.25) is 0 Å². The van der Waals surface area contributed by atoms with Gasteiger partial charge in [-0.3, -0.25) is 0 Å². The molecule has 32 valence electrons. The quantitative estimate of drug-likeness (QED) is 0.300. The maximum absolute atomic E-state index is 9.87. The van der Waals surface area contributed by atoms with Crippen molar-refractivity contribution in [2.75, 3.05) is 6.67 Å². The van der Waals surface area contributed by atoms with Gasteiger partial charge in [0.1, 0.15) is 0 Å². The van der Waals surface area contributed by atoms with Crippen molar-refractivity contribution in [3.63, 3.8) is 0 Å². The van der Waals surface area contributed by atoms with Gasteiger partial charge in [0, 0.05) is 5.11 Å². The lowest BCUT2D eigenvalue weighted by atomic mass is 11.2. The minimum atomic E-state index is 0.167. The van der Waals surface area contributed by atoms with Crippen LogP contribution in [0.1, 0.15) is 0 Å². The molecule has 6 heavy (non-hydrogen) atoms. The summed E-state index contributed by atoms with van der Waals surface area (Å²) in [6.45, 7) is 0.167. The smallest absolute Gasteiger partial charge is 0.274 e. The first-order valence-electron chi connectivity index (χ1n) is 1.53. The molecule has 4 nitrogen and oxygen atoms in total. The highest BCUT2D eigenvalue weighted by molar-refractivity contribution is 5.54. The Hall–Kier alpha value is -0.930. The summed E-state index contributed by atoms with van der Waals surface area (Å²) >= 11 is 0. The van der Waals surface area contributed by atoms with E-state index in [2.05, 4.69) is 10.1 Å². The van der Waals surface area contributed by atoms with Crippen LogP contribution in [0.2, 0.25) is 0 Å². The van der Waals surface area contributed by atoms with Gasteiger partial charge < -0.3 is 5.21 Å². The Labute approximate surface area is 34.4 Å². The predicted molar refractivity (Wildman–Crippen MR) is 19.4 cm³/mol. The molecule has 1 rings (SSSR count). The van der Waals surface area contributed by atoms with Crippen LogP contribution in [0, 0.1) is 5.21 Å². The lowest BCUT2D eigenvalue weighted by Crippen LogP contribution is -1.91. The highest BCUT2D eigenvalue weighted by atomic mass is 16.5. The van der Waals surface area contributed by atoms with E-state index in [-0.39, 0.29) is 6.67 Å². The normalized spacial score (nSPS) is 18.3. The minimum Gasteiger partial charge on any atom is -0.598 e. The summed E-state index contributed by atoms with van der Waals surface area (Å²) in [5, 5.41) is 13.1. The second-order valence-electron chi connectivity index (χ2n) is 0.907. The first-order valence-corrected chi connectivity index (χ1v) is 1.53. The van der Waals surface area contributed by atoms with Gasteiger partial charge in [-0.25, -0.2) is 0 Å². The summed E-state index contributed by atoms with van der Waals surface area (Å²) < 4.78 is 0. The molecule has 0 aromatic heterocycles. The molecule has 0 radical (unpaired) electrons. The molecule has 1 heterocycles. The van der Waals surface area contributed by atoms with Gasteiger partial charge in [-0.05, 0) is 0 Å². The van der Waals surface area contributed by atoms with E-state index in [1.54, 1.807) is 0 Å². The summed E-state index contributed by atoms with van der Waals surface area (Å²) in [4.78, 5) is 4.00. The fraction of sp³-hybridized carbons (Fsp3) is 0.500. The van der Waals surface area contributed by atoms with E-state index in [0.717, 1.165) is 0 Å². The van der Waals surface area contributed by atoms with E-state index in [1.807, 2.05) is 0 Å². The van der Waals surface area contributed by atoms with Gasteiger partial charge in [-0.1, -0.05) is 4.86 Å². The van der Waals surface area contributed by atoms with Crippen molar-refractivity contribution >= 4 is 6.34 Å². The third kappa shape index (κ3) is 0.357. The molecular formula is C2H3N3O. The number of rotatable bonds is 0. The second kappa shape index (κ2) is 1.04. The standard InChI is InChI=1S/C2H3N3O/c6-5-2-3-1-4-5/h1H,2H2. The molecule has 0 bridgehead atoms. The van der Waals surface area contributed by atoms with Crippen molar-refractivity contribution < 1.29 is 4.86 Å². The van der Waals surface area contributed by atoms with Crippen molar-refractivity contribution in [3.05, 3.63) is 5.21 Å². The molecule has 4 heteroatoms. The molecular weight excluding hydrogens is 82.0 g/mol. The second-order valence-corrected chi connectivity index (χ2v) is 0.907. The molecule has 0 N–H and O–H groups in total. The van der Waals surface area contributed by atoms with E-state index in [1.165, 1.54) is 6.34 Å². The van der Waals surface area contributed by atoms with Crippen molar-refractivity contribution in [2.24, 2.45) is 10.1 Å². The van der Waals surface area contributed by atoms with Crippen LogP contribution < -0.4 is 0 Å². The number of hydrogen-bond acceptors (Lipinski definition) is 3. The van der Waals surface area contributed by atoms with Gasteiger partial charge in [0.25, 0.3) is 6.67 Å². The fourth-order valence-electron chi connectivity index (χ4n) is 0.237. The largest absolute Gasteiger partial charge is 0.598 e.